The van der Waals surface area contributed by atoms with Crippen LogP contribution in [-0.4, -0.2) is 306 Å². The van der Waals surface area contributed by atoms with Gasteiger partial charge >= 0.3 is 66.4 Å². The molecule has 0 bridgehead atoms. The van der Waals surface area contributed by atoms with E-state index >= 15 is 0 Å². The molecule has 8 saturated heterocycles. The highest BCUT2D eigenvalue weighted by Gasteiger charge is 2.57. The molecular formula is C96H139N9O30. The van der Waals surface area contributed by atoms with E-state index in [9.17, 15) is 62.6 Å². The third-order valence-electron chi connectivity index (χ3n) is 25.9. The summed E-state index contributed by atoms with van der Waals surface area (Å²) in [6.07, 6.45) is 14.0. The highest BCUT2D eigenvalue weighted by atomic mass is 16.7. The number of amidine groups is 1. The number of aliphatic hydroxyl groups is 1. The number of aliphatic imine (C=N–C) groups is 1. The Hall–Kier alpha value is -10.2. The van der Waals surface area contributed by atoms with Gasteiger partial charge in [0.15, 0.2) is 11.6 Å². The summed E-state index contributed by atoms with van der Waals surface area (Å²) in [6, 6.07) is 17.3. The van der Waals surface area contributed by atoms with Crippen molar-refractivity contribution in [3.63, 3.8) is 0 Å². The zero-order valence-corrected chi connectivity index (χ0v) is 80.8. The van der Waals surface area contributed by atoms with Gasteiger partial charge in [0.2, 0.25) is 0 Å². The number of benzene rings is 2. The maximum Gasteiger partial charge on any atom is 0.411 e. The van der Waals surface area contributed by atoms with Gasteiger partial charge in [0.05, 0.1) is 116 Å². The first-order valence-corrected chi connectivity index (χ1v) is 47.0. The summed E-state index contributed by atoms with van der Waals surface area (Å²) in [7, 11) is 2.97. The number of carbonyl (C=O) groups is 12. The number of ketones is 1. The van der Waals surface area contributed by atoms with Crippen LogP contribution in [-0.2, 0) is 123 Å². The van der Waals surface area contributed by atoms with Gasteiger partial charge in [-0.25, -0.2) is 28.8 Å². The summed E-state index contributed by atoms with van der Waals surface area (Å²) in [5.74, 6) is -2.30. The molecule has 16 rings (SSSR count). The maximum absolute atomic E-state index is 12.2. The van der Waals surface area contributed by atoms with Crippen molar-refractivity contribution in [1.82, 2.24) is 29.8 Å². The van der Waals surface area contributed by atoms with Gasteiger partial charge in [-0.1, -0.05) is 36.4 Å². The molecule has 4 N–H and O–H groups in total. The van der Waals surface area contributed by atoms with Crippen LogP contribution in [0.2, 0.25) is 0 Å². The fourth-order valence-electron chi connectivity index (χ4n) is 18.9. The van der Waals surface area contributed by atoms with Crippen LogP contribution in [0.25, 0.3) is 0 Å². The summed E-state index contributed by atoms with van der Waals surface area (Å²) in [4.78, 5) is 152. The number of ether oxygens (including phenoxy) is 17. The second-order valence-electron chi connectivity index (χ2n) is 41.5. The highest BCUT2D eigenvalue weighted by molar-refractivity contribution is 5.97. The molecule has 2 aromatic carbocycles. The van der Waals surface area contributed by atoms with E-state index in [4.69, 9.17) is 86.8 Å². The normalized spacial score (nSPS) is 23.2. The SMILES string of the molecule is CC(C)(C)OC(=O)CN1CC2(CCC(=O)CC2)OC1=O.CC(C)(C)OC(=O)CN1CC2(CCC(O)CC2)OC1=O.CC(C)(C)OC(=O)CN1CC2(CCC(OCc3ccc(C#N)cc3)CC2)OC1=O.CC(C)(C)OC(=O)CN1CC2(CCC3(CC2)OCCO3)OC1=O.CN=C(N)c1ccc(COC2CCC3(CC2)CN(CC(=O)OC)C(=O)O3)cc1.O=C1NCC2(CCC3(CC2)OCCO3)O1. The fourth-order valence-corrected chi connectivity index (χ4v) is 18.9. The molecule has 6 amide bonds. The molecule has 135 heavy (non-hydrogen) atoms. The van der Waals surface area contributed by atoms with E-state index in [1.165, 1.54) is 31.6 Å². The van der Waals surface area contributed by atoms with Crippen molar-refractivity contribution in [2.24, 2.45) is 10.7 Å². The van der Waals surface area contributed by atoms with Crippen LogP contribution in [0.4, 0.5) is 28.8 Å². The minimum Gasteiger partial charge on any atom is -0.468 e. The van der Waals surface area contributed by atoms with E-state index in [1.807, 2.05) is 36.4 Å². The van der Waals surface area contributed by atoms with E-state index in [2.05, 4.69) is 21.1 Å². The zero-order valence-electron chi connectivity index (χ0n) is 80.8. The Morgan fingerprint density at radius 1 is 0.430 bits per heavy atom. The molecule has 14 aliphatic rings. The molecule has 6 aliphatic carbocycles. The van der Waals surface area contributed by atoms with Crippen molar-refractivity contribution >= 4 is 78.0 Å². The van der Waals surface area contributed by atoms with Crippen molar-refractivity contribution in [2.75, 3.05) is 113 Å². The summed E-state index contributed by atoms with van der Waals surface area (Å²) in [5.41, 5.74) is 4.16. The maximum atomic E-state index is 12.2. The van der Waals surface area contributed by atoms with Gasteiger partial charge in [0, 0.05) is 51.1 Å². The Balaban J connectivity index is 0.000000157. The molecule has 0 aromatic heterocycles. The van der Waals surface area contributed by atoms with Crippen LogP contribution in [0.3, 0.4) is 0 Å². The lowest BCUT2D eigenvalue weighted by Crippen LogP contribution is -2.46. The Bertz CT molecular complexity index is 4540. The van der Waals surface area contributed by atoms with Crippen molar-refractivity contribution < 1.29 is 143 Å². The second-order valence-corrected chi connectivity index (χ2v) is 41.5. The molecule has 39 heteroatoms. The van der Waals surface area contributed by atoms with Crippen molar-refractivity contribution in [1.29, 1.82) is 5.26 Å². The van der Waals surface area contributed by atoms with Gasteiger partial charge in [0.1, 0.15) is 100 Å². The van der Waals surface area contributed by atoms with Gasteiger partial charge in [-0.3, -0.25) is 58.3 Å². The predicted molar refractivity (Wildman–Crippen MR) is 479 cm³/mol. The lowest BCUT2D eigenvalue weighted by Gasteiger charge is -2.39. The minimum atomic E-state index is -0.590. The number of rotatable bonds is 17. The van der Waals surface area contributed by atoms with Crippen LogP contribution in [0, 0.1) is 11.3 Å². The van der Waals surface area contributed by atoms with Crippen molar-refractivity contribution in [3.8, 4) is 6.07 Å². The number of aliphatic hydroxyl groups excluding tert-OH is 1. The van der Waals surface area contributed by atoms with E-state index in [0.717, 1.165) is 80.9 Å². The summed E-state index contributed by atoms with van der Waals surface area (Å²) < 4.78 is 93.4. The van der Waals surface area contributed by atoms with Crippen LogP contribution >= 0.6 is 0 Å². The number of nitrogens with zero attached hydrogens (tertiary/aromatic N) is 7. The van der Waals surface area contributed by atoms with Crippen molar-refractivity contribution in [2.45, 2.75) is 336 Å². The Kier molecular flexibility index (Phi) is 34.3. The summed E-state index contributed by atoms with van der Waals surface area (Å²) >= 11 is 0. The van der Waals surface area contributed by atoms with Gasteiger partial charge in [0.25, 0.3) is 0 Å². The number of alkyl carbamates (subject to hydrolysis) is 1. The average molecular weight is 1900 g/mol. The summed E-state index contributed by atoms with van der Waals surface area (Å²) in [5, 5.41) is 21.1. The average Bonchev–Trinajstić information content (AvgIpc) is 1.61. The first kappa shape index (κ1) is 105. The Morgan fingerprint density at radius 3 is 1.02 bits per heavy atom. The number of amides is 6. The number of Topliss-reactive ketones (excluding diaryl/α,β-unsaturated/α-hetero) is 1. The first-order valence-electron chi connectivity index (χ1n) is 47.0. The Morgan fingerprint density at radius 2 is 0.726 bits per heavy atom. The van der Waals surface area contributed by atoms with E-state index in [1.54, 1.807) is 102 Å². The molecule has 8 heterocycles. The molecule has 0 radical (unpaired) electrons. The third-order valence-corrected chi connectivity index (χ3v) is 25.9. The third kappa shape index (κ3) is 30.6. The molecule has 14 fully saturated rings. The van der Waals surface area contributed by atoms with E-state index < -0.39 is 117 Å². The number of methoxy groups -OCH3 is 1. The van der Waals surface area contributed by atoms with Gasteiger partial charge in [-0.2, -0.15) is 5.26 Å². The number of nitriles is 1. The van der Waals surface area contributed by atoms with Crippen LogP contribution in [0.1, 0.15) is 259 Å². The smallest absolute Gasteiger partial charge is 0.411 e. The van der Waals surface area contributed by atoms with Gasteiger partial charge in [-0.15, -0.1) is 0 Å². The molecule has 0 unspecified atom stereocenters. The molecule has 2 aromatic rings. The molecule has 8 aliphatic heterocycles. The number of carbonyl (C=O) groups excluding carboxylic acids is 12. The second kappa shape index (κ2) is 44.1. The van der Waals surface area contributed by atoms with Crippen LogP contribution in [0.5, 0.6) is 0 Å². The number of nitrogens with one attached hydrogen (secondary N) is 1. The standard InChI is InChI=1S/C22H28N2O5.C20H27N3O5.C16H25NO6.C14H23NO5.C14H21NO5.C10H15NO4/c1-21(2,3)28-19(25)13-24-15-22(29-20(24)26)10-8-18(9-11-22)27-14-17-6-4-16(12-23)5-7-17;1-22-18(21)15-5-3-14(4-6-15)12-27-16-7-9-20(10-8-16)13-23(19(25)28-20)11-17(24)26-2;1-14(2,3)22-12(18)10-17-11-15(23-13(17)19)4-6-16(7-5-15)20-8-9-21-16;2*1-13(2,3)19-11(17)8-15-9-14(20-12(15)18)6-4-10(16)5-7-14;12-8-11-7-9(15-8)1-3-10(4-2-9)13-5-6-14-10/h4-7,18H,8-11,13-15H2,1-3H3;3-6,16H,7-13H2,1-2H3,(H2,21,22);4-11H2,1-3H3;10,16H,4-9H2,1-3H3;4-9H2,1-3H3;1-7H2,(H,11,12). The topological polar surface area (TPSA) is 472 Å². The highest BCUT2D eigenvalue weighted by Crippen LogP contribution is 2.48. The van der Waals surface area contributed by atoms with Gasteiger partial charge < -0.3 is 96.7 Å². The molecule has 6 saturated carbocycles. The minimum absolute atomic E-state index is 0.0692. The molecule has 0 atom stereocenters. The number of nitrogens with two attached hydrogens (primary N) is 1. The van der Waals surface area contributed by atoms with E-state index in [0.29, 0.717) is 180 Å². The largest absolute Gasteiger partial charge is 0.468 e. The number of hydrogen-bond acceptors (Lipinski definition) is 32. The molecular weight excluding hydrogens is 1760 g/mol. The van der Waals surface area contributed by atoms with Crippen LogP contribution < -0.4 is 11.1 Å². The van der Waals surface area contributed by atoms with Crippen molar-refractivity contribution in [3.05, 3.63) is 70.8 Å². The predicted octanol–water partition coefficient (Wildman–Crippen LogP) is 11.1. The lowest BCUT2D eigenvalue weighted by molar-refractivity contribution is -0.198. The fraction of sp³-hybridized carbons (Fsp3) is 0.729. The van der Waals surface area contributed by atoms with Crippen LogP contribution in [0.15, 0.2) is 53.5 Å². The monoisotopic (exact) mass is 1900 g/mol. The number of esters is 5. The lowest BCUT2D eigenvalue weighted by atomic mass is 9.81. The Labute approximate surface area is 789 Å². The summed E-state index contributed by atoms with van der Waals surface area (Å²) in [6.45, 7) is 27.4. The molecule has 748 valence electrons. The van der Waals surface area contributed by atoms with Gasteiger partial charge in [-0.05, 0) is 222 Å². The molecule has 8 spiro atoms. The first-order chi connectivity index (χ1) is 63.4. The molecule has 39 nitrogen and oxygen atoms in total. The number of hydrogen-bond donors (Lipinski definition) is 3. The zero-order chi connectivity index (χ0) is 98.2. The van der Waals surface area contributed by atoms with E-state index in [-0.39, 0.29) is 74.3 Å². The quantitative estimate of drug-likeness (QED) is 0.0573.